The maximum absolute atomic E-state index is 3.95. The van der Waals surface area contributed by atoms with Crippen molar-refractivity contribution in [3.05, 3.63) is 35.5 Å². The first kappa shape index (κ1) is 14.7. The number of rotatable bonds is 3. The van der Waals surface area contributed by atoms with E-state index in [1.807, 2.05) is 13.8 Å². The molecule has 0 aliphatic heterocycles. The Morgan fingerprint density at radius 2 is 1.54 bits per heavy atom. The van der Waals surface area contributed by atoms with Gasteiger partial charge in [-0.15, -0.1) is 0 Å². The van der Waals surface area contributed by atoms with Crippen molar-refractivity contribution >= 4 is 0 Å². The third-order valence-electron chi connectivity index (χ3n) is 1.65. The lowest BCUT2D eigenvalue weighted by molar-refractivity contribution is 1.11. The van der Waals surface area contributed by atoms with E-state index in [1.165, 1.54) is 16.7 Å². The van der Waals surface area contributed by atoms with Gasteiger partial charge in [-0.05, 0) is 32.8 Å². The monoisotopic (exact) mass is 180 g/mol. The van der Waals surface area contributed by atoms with Crippen molar-refractivity contribution in [3.8, 4) is 0 Å². The van der Waals surface area contributed by atoms with Gasteiger partial charge in [0.05, 0.1) is 0 Å². The average Bonchev–Trinajstić information content (AvgIpc) is 2.16. The summed E-state index contributed by atoms with van der Waals surface area (Å²) in [6, 6.07) is 0. The zero-order chi connectivity index (χ0) is 10.9. The minimum absolute atomic E-state index is 1.04. The molecule has 0 radical (unpaired) electrons. The third kappa shape index (κ3) is 9.13. The molecule has 76 valence electrons. The molecule has 0 atom stereocenters. The van der Waals surface area contributed by atoms with Gasteiger partial charge in [0.15, 0.2) is 0 Å². The van der Waals surface area contributed by atoms with Crippen molar-refractivity contribution in [1.82, 2.24) is 0 Å². The van der Waals surface area contributed by atoms with Crippen LogP contribution in [0, 0.1) is 0 Å². The summed E-state index contributed by atoms with van der Waals surface area (Å²) in [5.74, 6) is 0. The van der Waals surface area contributed by atoms with Crippen molar-refractivity contribution in [2.75, 3.05) is 0 Å². The third-order valence-corrected chi connectivity index (χ3v) is 1.65. The molecular weight excluding hydrogens is 156 g/mol. The maximum Gasteiger partial charge on any atom is -0.0311 e. The molecule has 0 spiro atoms. The van der Waals surface area contributed by atoms with Gasteiger partial charge in [-0.25, -0.2) is 0 Å². The van der Waals surface area contributed by atoms with Crippen molar-refractivity contribution < 1.29 is 0 Å². The molecule has 0 N–H and O–H groups in total. The van der Waals surface area contributed by atoms with Crippen LogP contribution in [0.25, 0.3) is 0 Å². The predicted molar refractivity (Wildman–Crippen MR) is 64.0 cm³/mol. The molecule has 0 bridgehead atoms. The Morgan fingerprint density at radius 3 is 1.85 bits per heavy atom. The molecule has 0 saturated carbocycles. The van der Waals surface area contributed by atoms with Gasteiger partial charge in [-0.2, -0.15) is 0 Å². The zero-order valence-corrected chi connectivity index (χ0v) is 10.1. The Hall–Kier alpha value is -0.780. The largest absolute Gasteiger partial charge is 0.0956 e. The van der Waals surface area contributed by atoms with Gasteiger partial charge >= 0.3 is 0 Å². The van der Waals surface area contributed by atoms with E-state index in [1.54, 1.807) is 0 Å². The Kier molecular flexibility index (Phi) is 10.5. The van der Waals surface area contributed by atoms with E-state index in [-0.39, 0.29) is 0 Å². The van der Waals surface area contributed by atoms with Gasteiger partial charge in [0.2, 0.25) is 0 Å². The van der Waals surface area contributed by atoms with Crippen LogP contribution < -0.4 is 0 Å². The Bertz CT molecular complexity index is 188. The van der Waals surface area contributed by atoms with Crippen LogP contribution in [-0.2, 0) is 0 Å². The lowest BCUT2D eigenvalue weighted by Crippen LogP contribution is -1.79. The summed E-state index contributed by atoms with van der Waals surface area (Å²) in [5, 5.41) is 0. The number of allylic oxidation sites excluding steroid dienone is 5. The average molecular weight is 180 g/mol. The van der Waals surface area contributed by atoms with Gasteiger partial charge in [0.1, 0.15) is 0 Å². The maximum atomic E-state index is 3.95. The van der Waals surface area contributed by atoms with Gasteiger partial charge in [-0.1, -0.05) is 50.6 Å². The first-order valence-corrected chi connectivity index (χ1v) is 5.07. The van der Waals surface area contributed by atoms with Crippen LogP contribution in [0.5, 0.6) is 0 Å². The van der Waals surface area contributed by atoms with Gasteiger partial charge in [0, 0.05) is 0 Å². The second-order valence-corrected chi connectivity index (χ2v) is 3.05. The van der Waals surface area contributed by atoms with Crippen molar-refractivity contribution in [2.24, 2.45) is 0 Å². The van der Waals surface area contributed by atoms with E-state index in [2.05, 4.69) is 46.4 Å². The van der Waals surface area contributed by atoms with E-state index in [0.717, 1.165) is 6.42 Å². The van der Waals surface area contributed by atoms with Crippen LogP contribution in [0.2, 0.25) is 0 Å². The Morgan fingerprint density at radius 1 is 1.08 bits per heavy atom. The lowest BCUT2D eigenvalue weighted by Gasteiger charge is -1.99. The number of hydrogen-bond donors (Lipinski definition) is 0. The van der Waals surface area contributed by atoms with Gasteiger partial charge < -0.3 is 0 Å². The molecule has 0 amide bonds. The second kappa shape index (κ2) is 9.31. The molecule has 0 nitrogen and oxygen atoms in total. The van der Waals surface area contributed by atoms with Crippen molar-refractivity contribution in [3.63, 3.8) is 0 Å². The lowest BCUT2D eigenvalue weighted by atomic mass is 10.1. The topological polar surface area (TPSA) is 0 Å². The summed E-state index contributed by atoms with van der Waals surface area (Å²) in [4.78, 5) is 0. The van der Waals surface area contributed by atoms with Crippen LogP contribution in [0.3, 0.4) is 0 Å². The van der Waals surface area contributed by atoms with Crippen LogP contribution >= 0.6 is 0 Å². The summed E-state index contributed by atoms with van der Waals surface area (Å²) in [6.45, 7) is 16.4. The molecule has 0 aromatic carbocycles. The van der Waals surface area contributed by atoms with Crippen LogP contribution in [0.4, 0.5) is 0 Å². The quantitative estimate of drug-likeness (QED) is 0.542. The summed E-state index contributed by atoms with van der Waals surface area (Å²) in [7, 11) is 0. The molecule has 0 saturated heterocycles. The molecule has 0 aliphatic rings. The molecule has 0 rings (SSSR count). The number of hydrogen-bond acceptors (Lipinski definition) is 0. The van der Waals surface area contributed by atoms with Crippen LogP contribution in [-0.4, -0.2) is 0 Å². The molecule has 0 fully saturated rings. The van der Waals surface area contributed by atoms with Crippen molar-refractivity contribution in [2.45, 2.75) is 48.0 Å². The highest BCUT2D eigenvalue weighted by atomic mass is 14.0. The molecule has 13 heavy (non-hydrogen) atoms. The molecule has 0 aromatic heterocycles. The Balaban J connectivity index is 0. The minimum atomic E-state index is 1.04. The highest BCUT2D eigenvalue weighted by Crippen LogP contribution is 2.10. The fraction of sp³-hybridized carbons (Fsp3) is 0.538. The summed E-state index contributed by atoms with van der Waals surface area (Å²) < 4.78 is 0. The molecule has 0 heteroatoms. The fourth-order valence-corrected chi connectivity index (χ4v) is 0.688. The van der Waals surface area contributed by atoms with E-state index in [9.17, 15) is 0 Å². The normalized spacial score (nSPS) is 9.85. The second-order valence-electron chi connectivity index (χ2n) is 3.05. The van der Waals surface area contributed by atoms with Gasteiger partial charge in [-0.3, -0.25) is 0 Å². The minimum Gasteiger partial charge on any atom is -0.0956 e. The molecular formula is C13H24. The van der Waals surface area contributed by atoms with Crippen molar-refractivity contribution in [1.29, 1.82) is 0 Å². The van der Waals surface area contributed by atoms with E-state index >= 15 is 0 Å². The summed E-state index contributed by atoms with van der Waals surface area (Å²) in [6.07, 6.45) is 5.29. The smallest absolute Gasteiger partial charge is 0.0311 e. The predicted octanol–water partition coefficient (Wildman–Crippen LogP) is 4.89. The summed E-state index contributed by atoms with van der Waals surface area (Å²) >= 11 is 0. The highest BCUT2D eigenvalue weighted by Gasteiger charge is 1.90. The standard InChI is InChI=1S/C11H18.C2H6/c1-6-10(4)11(5)8-7-9(2)3;1-2/h7-8H,4,6H2,1-3,5H3;1-2H3/b11-8-;. The SMILES string of the molecule is C=C(CC)/C(C)=C\C=C(C)C.CC. The van der Waals surface area contributed by atoms with Crippen LogP contribution in [0.15, 0.2) is 35.5 Å². The van der Waals surface area contributed by atoms with E-state index in [4.69, 9.17) is 0 Å². The van der Waals surface area contributed by atoms with Crippen LogP contribution in [0.1, 0.15) is 48.0 Å². The Labute approximate surface area is 84.1 Å². The molecule has 0 aliphatic carbocycles. The highest BCUT2D eigenvalue weighted by molar-refractivity contribution is 5.29. The van der Waals surface area contributed by atoms with E-state index in [0.29, 0.717) is 0 Å². The molecule has 0 heterocycles. The van der Waals surface area contributed by atoms with Gasteiger partial charge in [0.25, 0.3) is 0 Å². The molecule has 0 aromatic rings. The first-order valence-electron chi connectivity index (χ1n) is 5.07. The summed E-state index contributed by atoms with van der Waals surface area (Å²) in [5.41, 5.74) is 3.84. The molecule has 0 unspecified atom stereocenters. The zero-order valence-electron chi connectivity index (χ0n) is 10.1. The van der Waals surface area contributed by atoms with E-state index < -0.39 is 0 Å². The first-order chi connectivity index (χ1) is 6.07. The fourth-order valence-electron chi connectivity index (χ4n) is 0.688.